The Morgan fingerprint density at radius 1 is 1.29 bits per heavy atom. The van der Waals surface area contributed by atoms with E-state index in [4.69, 9.17) is 14.0 Å². The summed E-state index contributed by atoms with van der Waals surface area (Å²) in [5.41, 5.74) is -0.0237. The van der Waals surface area contributed by atoms with Crippen LogP contribution < -0.4 is 10.3 Å². The maximum atomic E-state index is 11.5. The first-order valence-electron chi connectivity index (χ1n) is 7.30. The maximum absolute atomic E-state index is 11.5. The van der Waals surface area contributed by atoms with Crippen LogP contribution in [0.1, 0.15) is 50.9 Å². The van der Waals surface area contributed by atoms with E-state index < -0.39 is 18.3 Å². The molecule has 1 saturated carbocycles. The average Bonchev–Trinajstić information content (AvgIpc) is 3.17. The van der Waals surface area contributed by atoms with Gasteiger partial charge in [-0.3, -0.25) is 9.78 Å². The van der Waals surface area contributed by atoms with Crippen molar-refractivity contribution in [3.05, 3.63) is 17.8 Å². The van der Waals surface area contributed by atoms with Gasteiger partial charge < -0.3 is 14.0 Å². The van der Waals surface area contributed by atoms with Crippen LogP contribution in [0.5, 0.6) is 5.75 Å². The van der Waals surface area contributed by atoms with E-state index in [9.17, 15) is 4.79 Å². The highest BCUT2D eigenvalue weighted by Gasteiger charge is 2.53. The van der Waals surface area contributed by atoms with E-state index >= 15 is 0 Å². The minimum atomic E-state index is -0.655. The summed E-state index contributed by atoms with van der Waals surface area (Å²) in [6.07, 6.45) is 4.69. The Labute approximate surface area is 125 Å². The summed E-state index contributed by atoms with van der Waals surface area (Å²) in [7, 11) is -0.655. The van der Waals surface area contributed by atoms with Crippen molar-refractivity contribution in [3.8, 4) is 5.75 Å². The summed E-state index contributed by atoms with van der Waals surface area (Å²) in [6.45, 7) is 7.88. The van der Waals surface area contributed by atoms with Crippen LogP contribution in [0.4, 0.5) is 0 Å². The molecule has 0 N–H and O–H groups in total. The number of nitrogens with zero attached hydrogens (tertiary/aromatic N) is 1. The molecule has 2 fully saturated rings. The molecule has 0 unspecified atom stereocenters. The molecule has 112 valence electrons. The smallest absolute Gasteiger partial charge is 0.490 e. The Kier molecular flexibility index (Phi) is 3.33. The van der Waals surface area contributed by atoms with Crippen molar-refractivity contribution in [2.75, 3.05) is 0 Å². The van der Waals surface area contributed by atoms with Gasteiger partial charge in [0.2, 0.25) is 0 Å². The lowest BCUT2D eigenvalue weighted by Crippen LogP contribution is -2.41. The quantitative estimate of drug-likeness (QED) is 0.624. The van der Waals surface area contributed by atoms with Gasteiger partial charge in [0.25, 0.3) is 0 Å². The molecule has 1 aromatic heterocycles. The van der Waals surface area contributed by atoms with Gasteiger partial charge >= 0.3 is 7.12 Å². The zero-order chi connectivity index (χ0) is 15.3. The standard InChI is InChI=1S/C15H20BNO4/c1-14(2)15(3,4)21-16(20-14)13-11(9-18)12(7-8-17-13)19-10-5-6-10/h7-10H,5-6H2,1-4H3. The normalized spacial score (nSPS) is 23.1. The minimum Gasteiger partial charge on any atom is -0.490 e. The second-order valence-corrected chi connectivity index (χ2v) is 6.63. The summed E-state index contributed by atoms with van der Waals surface area (Å²) < 4.78 is 17.7. The second-order valence-electron chi connectivity index (χ2n) is 6.63. The van der Waals surface area contributed by atoms with E-state index in [0.29, 0.717) is 16.9 Å². The molecule has 1 aromatic rings. The van der Waals surface area contributed by atoms with Crippen molar-refractivity contribution in [3.63, 3.8) is 0 Å². The molecule has 21 heavy (non-hydrogen) atoms. The number of ether oxygens (including phenoxy) is 1. The third kappa shape index (κ3) is 2.58. The summed E-state index contributed by atoms with van der Waals surface area (Å²) >= 11 is 0. The molecule has 0 spiro atoms. The Hall–Kier alpha value is -1.40. The molecule has 1 saturated heterocycles. The lowest BCUT2D eigenvalue weighted by atomic mass is 9.81. The zero-order valence-corrected chi connectivity index (χ0v) is 12.9. The lowest BCUT2D eigenvalue weighted by Gasteiger charge is -2.32. The number of pyridine rings is 1. The molecule has 6 heteroatoms. The molecule has 3 rings (SSSR count). The van der Waals surface area contributed by atoms with E-state index in [1.54, 1.807) is 12.3 Å². The van der Waals surface area contributed by atoms with Gasteiger partial charge in [-0.15, -0.1) is 0 Å². The van der Waals surface area contributed by atoms with Crippen LogP contribution in [0.15, 0.2) is 12.3 Å². The Morgan fingerprint density at radius 3 is 2.43 bits per heavy atom. The topological polar surface area (TPSA) is 57.7 Å². The summed E-state index contributed by atoms with van der Waals surface area (Å²) in [5, 5.41) is 0. The molecule has 0 bridgehead atoms. The largest absolute Gasteiger partial charge is 0.515 e. The average molecular weight is 289 g/mol. The van der Waals surface area contributed by atoms with Crippen molar-refractivity contribution in [2.24, 2.45) is 0 Å². The van der Waals surface area contributed by atoms with E-state index in [2.05, 4.69) is 4.98 Å². The summed E-state index contributed by atoms with van der Waals surface area (Å²) in [5.74, 6) is 0.562. The first-order chi connectivity index (χ1) is 9.84. The van der Waals surface area contributed by atoms with Gasteiger partial charge in [0.05, 0.1) is 28.5 Å². The zero-order valence-electron chi connectivity index (χ0n) is 12.9. The highest BCUT2D eigenvalue weighted by Crippen LogP contribution is 2.37. The number of hydrogen-bond donors (Lipinski definition) is 0. The highest BCUT2D eigenvalue weighted by atomic mass is 16.7. The summed E-state index contributed by atoms with van der Waals surface area (Å²) in [6, 6.07) is 1.72. The fraction of sp³-hybridized carbons (Fsp3) is 0.600. The van der Waals surface area contributed by atoms with E-state index in [1.165, 1.54) is 0 Å². The molecule has 1 aliphatic heterocycles. The third-order valence-electron chi connectivity index (χ3n) is 4.39. The molecule has 2 aliphatic rings. The van der Waals surface area contributed by atoms with E-state index in [1.807, 2.05) is 27.7 Å². The Bertz CT molecular complexity index is 553. The van der Waals surface area contributed by atoms with Gasteiger partial charge in [0.15, 0.2) is 6.29 Å². The van der Waals surface area contributed by atoms with Crippen LogP contribution >= 0.6 is 0 Å². The number of hydrogen-bond acceptors (Lipinski definition) is 5. The number of aldehydes is 1. The summed E-state index contributed by atoms with van der Waals surface area (Å²) in [4.78, 5) is 15.8. The van der Waals surface area contributed by atoms with E-state index in [-0.39, 0.29) is 6.10 Å². The van der Waals surface area contributed by atoms with Crippen molar-refractivity contribution in [1.82, 2.24) is 4.98 Å². The molecular formula is C15H20BNO4. The van der Waals surface area contributed by atoms with Gasteiger partial charge in [-0.25, -0.2) is 0 Å². The molecular weight excluding hydrogens is 269 g/mol. The van der Waals surface area contributed by atoms with Gasteiger partial charge in [0, 0.05) is 6.20 Å². The van der Waals surface area contributed by atoms with Crippen LogP contribution in [-0.4, -0.2) is 35.7 Å². The van der Waals surface area contributed by atoms with E-state index in [0.717, 1.165) is 19.1 Å². The van der Waals surface area contributed by atoms with Crippen molar-refractivity contribution < 1.29 is 18.8 Å². The van der Waals surface area contributed by atoms with Crippen molar-refractivity contribution in [1.29, 1.82) is 0 Å². The third-order valence-corrected chi connectivity index (χ3v) is 4.39. The molecule has 2 heterocycles. The molecule has 1 aliphatic carbocycles. The SMILES string of the molecule is CC1(C)OB(c2nccc(OC3CC3)c2C=O)OC1(C)C. The second kappa shape index (κ2) is 4.82. The first kappa shape index (κ1) is 14.5. The van der Waals surface area contributed by atoms with Gasteiger partial charge in [0.1, 0.15) is 5.75 Å². The molecule has 0 radical (unpaired) electrons. The Balaban J connectivity index is 1.93. The fourth-order valence-electron chi connectivity index (χ4n) is 2.20. The van der Waals surface area contributed by atoms with Crippen molar-refractivity contribution in [2.45, 2.75) is 57.8 Å². The molecule has 5 nitrogen and oxygen atoms in total. The predicted octanol–water partition coefficient (Wildman–Crippen LogP) is 1.73. The monoisotopic (exact) mass is 289 g/mol. The molecule has 0 atom stereocenters. The van der Waals surface area contributed by atoms with Gasteiger partial charge in [-0.1, -0.05) is 0 Å². The van der Waals surface area contributed by atoms with Crippen LogP contribution in [-0.2, 0) is 9.31 Å². The molecule has 0 aromatic carbocycles. The fourth-order valence-corrected chi connectivity index (χ4v) is 2.20. The molecule has 0 amide bonds. The van der Waals surface area contributed by atoms with Crippen molar-refractivity contribution >= 4 is 19.0 Å². The van der Waals surface area contributed by atoms with Crippen LogP contribution in [0.3, 0.4) is 0 Å². The number of carbonyl (C=O) groups excluding carboxylic acids is 1. The predicted molar refractivity (Wildman–Crippen MR) is 79.0 cm³/mol. The van der Waals surface area contributed by atoms with Crippen LogP contribution in [0, 0.1) is 0 Å². The number of rotatable bonds is 4. The minimum absolute atomic E-state index is 0.220. The lowest BCUT2D eigenvalue weighted by molar-refractivity contribution is 0.00578. The maximum Gasteiger partial charge on any atom is 0.515 e. The first-order valence-corrected chi connectivity index (χ1v) is 7.30. The van der Waals surface area contributed by atoms with Crippen LogP contribution in [0.25, 0.3) is 0 Å². The van der Waals surface area contributed by atoms with Crippen LogP contribution in [0.2, 0.25) is 0 Å². The van der Waals surface area contributed by atoms with Gasteiger partial charge in [-0.2, -0.15) is 0 Å². The Morgan fingerprint density at radius 2 is 1.90 bits per heavy atom. The number of carbonyl (C=O) groups is 1. The number of aromatic nitrogens is 1. The highest BCUT2D eigenvalue weighted by molar-refractivity contribution is 6.62. The van der Waals surface area contributed by atoms with Gasteiger partial charge in [-0.05, 0) is 46.6 Å².